The number of hydrogen-bond donors (Lipinski definition) is 3. The van der Waals surface area contributed by atoms with Gasteiger partial charge in [0, 0.05) is 10.0 Å². The van der Waals surface area contributed by atoms with Crippen LogP contribution in [-0.4, -0.2) is 15.4 Å². The minimum atomic E-state index is 0.175. The zero-order valence-electron chi connectivity index (χ0n) is 19.2. The van der Waals surface area contributed by atoms with Gasteiger partial charge in [0.25, 0.3) is 0 Å². The van der Waals surface area contributed by atoms with Crippen LogP contribution in [0.5, 0.6) is 11.5 Å². The number of methoxy groups -OCH3 is 1. The van der Waals surface area contributed by atoms with Crippen LogP contribution in [0.3, 0.4) is 0 Å². The molecule has 0 aliphatic heterocycles. The van der Waals surface area contributed by atoms with Gasteiger partial charge < -0.3 is 20.5 Å². The lowest BCUT2D eigenvalue weighted by Crippen LogP contribution is -1.94. The zero-order valence-corrected chi connectivity index (χ0v) is 26.9. The molecule has 0 aliphatic rings. The van der Waals surface area contributed by atoms with Gasteiger partial charge in [0.05, 0.1) is 39.9 Å². The smallest absolute Gasteiger partial charge is 0.369 e. The number of anilines is 4. The van der Waals surface area contributed by atoms with Gasteiger partial charge in [0.2, 0.25) is 0 Å². The molecule has 0 atom stereocenters. The lowest BCUT2D eigenvalue weighted by molar-refractivity contribution is 0.417. The van der Waals surface area contributed by atoms with Crippen LogP contribution in [-0.2, 0) is 0 Å². The summed E-state index contributed by atoms with van der Waals surface area (Å²) < 4.78 is 5.52. The maximum atomic E-state index is 9.59. The van der Waals surface area contributed by atoms with E-state index in [9.17, 15) is 5.11 Å². The maximum Gasteiger partial charge on any atom is 0.369 e. The third kappa shape index (κ3) is 11.6. The van der Waals surface area contributed by atoms with Crippen LogP contribution < -0.4 is 15.4 Å². The Bertz CT molecular complexity index is 1300. The molecule has 37 heavy (non-hydrogen) atoms. The van der Waals surface area contributed by atoms with Crippen molar-refractivity contribution in [2.45, 2.75) is 0 Å². The van der Waals surface area contributed by atoms with E-state index in [1.807, 2.05) is 36.4 Å². The first-order valence-corrected chi connectivity index (χ1v) is 14.6. The molecule has 0 amide bonds. The fraction of sp³-hybridized carbons (Fsp3) is 0.0400. The van der Waals surface area contributed by atoms with Crippen molar-refractivity contribution in [3.63, 3.8) is 0 Å². The van der Waals surface area contributed by atoms with Gasteiger partial charge in [-0.2, -0.15) is 0 Å². The van der Waals surface area contributed by atoms with Crippen LogP contribution in [0.15, 0.2) is 84.9 Å². The first kappa shape index (κ1) is 32.0. The van der Waals surface area contributed by atoms with E-state index in [1.165, 1.54) is 0 Å². The number of benzene rings is 4. The van der Waals surface area contributed by atoms with Crippen LogP contribution >= 0.6 is 93.7 Å². The van der Waals surface area contributed by atoms with E-state index in [0.717, 1.165) is 17.1 Å². The Balaban J connectivity index is 0.000000228. The predicted octanol–water partition coefficient (Wildman–Crippen LogP) is 11.3. The van der Waals surface area contributed by atoms with Crippen molar-refractivity contribution < 1.29 is 9.84 Å². The Morgan fingerprint density at radius 3 is 1.54 bits per heavy atom. The van der Waals surface area contributed by atoms with Gasteiger partial charge in [-0.1, -0.05) is 70.7 Å². The first-order chi connectivity index (χ1) is 17.6. The van der Waals surface area contributed by atoms with E-state index in [2.05, 4.69) is 57.9 Å². The van der Waals surface area contributed by atoms with Crippen molar-refractivity contribution in [3.8, 4) is 11.5 Å². The molecule has 0 aliphatic carbocycles. The van der Waals surface area contributed by atoms with Gasteiger partial charge >= 0.3 is 3.18 Å². The molecule has 0 saturated carbocycles. The summed E-state index contributed by atoms with van der Waals surface area (Å²) in [5.41, 5.74) is 2.96. The molecule has 4 aromatic rings. The zero-order chi connectivity index (χ0) is 27.4. The highest BCUT2D eigenvalue weighted by Crippen LogP contribution is 2.33. The highest BCUT2D eigenvalue weighted by Gasteiger charge is 2.06. The predicted molar refractivity (Wildman–Crippen MR) is 173 cm³/mol. The summed E-state index contributed by atoms with van der Waals surface area (Å²) in [5.74, 6) is 0.937. The Hall–Kier alpha value is -1.26. The molecule has 12 heteroatoms. The molecule has 0 unspecified atom stereocenters. The number of halogens is 7. The molecule has 0 aromatic heterocycles. The molecule has 0 spiro atoms. The van der Waals surface area contributed by atoms with E-state index >= 15 is 0 Å². The van der Waals surface area contributed by atoms with Gasteiger partial charge in [-0.3, -0.25) is 0 Å². The number of aromatic hydroxyl groups is 1. The first-order valence-electron chi connectivity index (χ1n) is 10.4. The Kier molecular flexibility index (Phi) is 14.4. The monoisotopic (exact) mass is 768 g/mol. The van der Waals surface area contributed by atoms with Crippen molar-refractivity contribution in [2.24, 2.45) is 0 Å². The maximum absolute atomic E-state index is 9.59. The van der Waals surface area contributed by atoms with E-state index in [1.54, 1.807) is 55.6 Å². The number of rotatable bonds is 5. The van der Waals surface area contributed by atoms with E-state index in [-0.39, 0.29) is 8.93 Å². The van der Waals surface area contributed by atoms with Crippen LogP contribution in [0.4, 0.5) is 22.7 Å². The fourth-order valence-corrected chi connectivity index (χ4v) is 3.71. The summed E-state index contributed by atoms with van der Waals surface area (Å²) in [4.78, 5) is 0. The highest BCUT2D eigenvalue weighted by molar-refractivity contribution is 9.69. The Labute approximate surface area is 261 Å². The largest absolute Gasteiger partial charge is 0.506 e. The van der Waals surface area contributed by atoms with Crippen LogP contribution in [0.25, 0.3) is 0 Å². The number of para-hydroxylation sites is 4. The summed E-state index contributed by atoms with van der Waals surface area (Å²) in [6, 6.07) is 25.0. The van der Waals surface area contributed by atoms with Crippen molar-refractivity contribution in [3.05, 3.63) is 105 Å². The molecule has 4 rings (SSSR count). The molecule has 0 bridgehead atoms. The van der Waals surface area contributed by atoms with Gasteiger partial charge in [-0.15, -0.1) is 47.3 Å². The standard InChI is InChI=1S/C13H11Cl2NO.C12H9Cl2NO.BBr3/c1-17-13-5-3-2-4-12(13)16-11-7-6-9(14)8-10(11)15;13-8-5-6-10(9(14)7-8)15-11-3-1-2-4-12(11)16;2-1(3)4/h2-8,16H,1H3;1-7,15-16H;. The minimum Gasteiger partial charge on any atom is -0.506 e. The molecule has 0 fully saturated rings. The van der Waals surface area contributed by atoms with Gasteiger partial charge in [-0.05, 0) is 60.7 Å². The van der Waals surface area contributed by atoms with E-state index in [0.29, 0.717) is 31.5 Å². The van der Waals surface area contributed by atoms with Gasteiger partial charge in [0.1, 0.15) is 11.5 Å². The topological polar surface area (TPSA) is 53.5 Å². The van der Waals surface area contributed by atoms with Crippen molar-refractivity contribution in [1.82, 2.24) is 0 Å². The molecule has 4 aromatic carbocycles. The van der Waals surface area contributed by atoms with E-state index in [4.69, 9.17) is 51.1 Å². The van der Waals surface area contributed by atoms with Gasteiger partial charge in [0.15, 0.2) is 0 Å². The Morgan fingerprint density at radius 1 is 0.649 bits per heavy atom. The molecular formula is C25H20BBr3Cl4N2O2. The number of hydrogen-bond acceptors (Lipinski definition) is 4. The minimum absolute atomic E-state index is 0.175. The summed E-state index contributed by atoms with van der Waals surface area (Å²) >= 11 is 33.0. The van der Waals surface area contributed by atoms with Crippen molar-refractivity contribution in [1.29, 1.82) is 0 Å². The second-order valence-electron chi connectivity index (χ2n) is 6.96. The second kappa shape index (κ2) is 16.7. The Morgan fingerprint density at radius 2 is 1.08 bits per heavy atom. The van der Waals surface area contributed by atoms with E-state index < -0.39 is 0 Å². The summed E-state index contributed by atoms with van der Waals surface area (Å²) in [6.07, 6.45) is 0. The molecule has 194 valence electrons. The SMILES string of the molecule is BrB(Br)Br.COc1ccccc1Nc1ccc(Cl)cc1Cl.Oc1ccccc1Nc1ccc(Cl)cc1Cl. The number of nitrogens with one attached hydrogen (secondary N) is 2. The third-order valence-electron chi connectivity index (χ3n) is 4.41. The van der Waals surface area contributed by atoms with Crippen LogP contribution in [0.1, 0.15) is 0 Å². The number of ether oxygens (including phenoxy) is 1. The lowest BCUT2D eigenvalue weighted by Gasteiger charge is -2.12. The average molecular weight is 773 g/mol. The molecular weight excluding hydrogens is 753 g/mol. The summed E-state index contributed by atoms with van der Waals surface area (Å²) in [6.45, 7) is 0. The average Bonchev–Trinajstić information content (AvgIpc) is 2.84. The fourth-order valence-electron chi connectivity index (χ4n) is 2.80. The van der Waals surface area contributed by atoms with Crippen molar-refractivity contribution >= 4 is 120 Å². The summed E-state index contributed by atoms with van der Waals surface area (Å²) in [7, 11) is 1.63. The molecule has 3 N–H and O–H groups in total. The lowest BCUT2D eigenvalue weighted by atomic mass is 10.2. The molecule has 0 saturated heterocycles. The molecule has 0 radical (unpaired) electrons. The number of phenolic OH excluding ortho intramolecular Hbond substituents is 1. The highest BCUT2D eigenvalue weighted by atomic mass is 79.9. The summed E-state index contributed by atoms with van der Waals surface area (Å²) in [5, 5.41) is 18.1. The van der Waals surface area contributed by atoms with Crippen LogP contribution in [0.2, 0.25) is 20.1 Å². The normalized spacial score (nSPS) is 9.73. The van der Waals surface area contributed by atoms with Gasteiger partial charge in [-0.25, -0.2) is 0 Å². The molecule has 4 nitrogen and oxygen atoms in total. The quantitative estimate of drug-likeness (QED) is 0.140. The van der Waals surface area contributed by atoms with Crippen LogP contribution in [0, 0.1) is 0 Å². The van der Waals surface area contributed by atoms with Crippen molar-refractivity contribution in [2.75, 3.05) is 17.7 Å². The second-order valence-corrected chi connectivity index (χ2v) is 15.1. The number of phenols is 1. The molecule has 0 heterocycles. The third-order valence-corrected chi connectivity index (χ3v) is 5.51.